The van der Waals surface area contributed by atoms with Crippen molar-refractivity contribution < 1.29 is 22.8 Å². The Hall–Kier alpha value is -1.57. The first-order chi connectivity index (χ1) is 7.82. The van der Waals surface area contributed by atoms with E-state index in [0.717, 1.165) is 10.9 Å². The Labute approximate surface area is 95.7 Å². The number of amides is 1. The predicted molar refractivity (Wildman–Crippen MR) is 52.0 cm³/mol. The Morgan fingerprint density at radius 3 is 2.59 bits per heavy atom. The predicted octanol–water partition coefficient (Wildman–Crippen LogP) is 1.56. The molecule has 0 radical (unpaired) electrons. The number of carbonyl (C=O) groups excluding carboxylic acids is 1. The summed E-state index contributed by atoms with van der Waals surface area (Å²) < 4.78 is 39.1. The monoisotopic (exact) mass is 251 g/mol. The Morgan fingerprint density at radius 2 is 2.18 bits per heavy atom. The van der Waals surface area contributed by atoms with E-state index in [1.807, 2.05) is 0 Å². The summed E-state index contributed by atoms with van der Waals surface area (Å²) in [7, 11) is 2.42. The van der Waals surface area contributed by atoms with Gasteiger partial charge in [-0.05, 0) is 6.92 Å². The molecule has 17 heavy (non-hydrogen) atoms. The number of aromatic nitrogens is 2. The number of hydrogen-bond donors (Lipinski definition) is 0. The standard InChI is InChI=1S/C9H12F3N3O2/c1-4-15-7(9(10,11)12)6(5-13-15)8(16)14(2)17-3/h5H,4H2,1-3H3. The van der Waals surface area contributed by atoms with Crippen LogP contribution in [0.3, 0.4) is 0 Å². The van der Waals surface area contributed by atoms with Gasteiger partial charge in [-0.25, -0.2) is 5.06 Å². The fraction of sp³-hybridized carbons (Fsp3) is 0.556. The zero-order valence-electron chi connectivity index (χ0n) is 9.58. The van der Waals surface area contributed by atoms with E-state index in [2.05, 4.69) is 9.94 Å². The summed E-state index contributed by atoms with van der Waals surface area (Å²) in [6.07, 6.45) is -3.74. The van der Waals surface area contributed by atoms with E-state index in [9.17, 15) is 18.0 Å². The van der Waals surface area contributed by atoms with Crippen molar-refractivity contribution in [2.24, 2.45) is 0 Å². The van der Waals surface area contributed by atoms with E-state index < -0.39 is 23.3 Å². The molecule has 0 aliphatic heterocycles. The highest BCUT2D eigenvalue weighted by atomic mass is 19.4. The molecule has 1 aromatic heterocycles. The molecular weight excluding hydrogens is 239 g/mol. The number of hydroxylamine groups is 2. The average Bonchev–Trinajstić information content (AvgIpc) is 2.70. The quantitative estimate of drug-likeness (QED) is 0.766. The number of halogens is 3. The average molecular weight is 251 g/mol. The summed E-state index contributed by atoms with van der Waals surface area (Å²) in [5.74, 6) is -0.889. The van der Waals surface area contributed by atoms with Gasteiger partial charge in [0.25, 0.3) is 5.91 Å². The minimum atomic E-state index is -4.63. The Kier molecular flexibility index (Phi) is 3.76. The molecule has 96 valence electrons. The van der Waals surface area contributed by atoms with Gasteiger partial charge in [0.05, 0.1) is 18.9 Å². The van der Waals surface area contributed by atoms with Gasteiger partial charge < -0.3 is 0 Å². The van der Waals surface area contributed by atoms with Crippen LogP contribution in [0.25, 0.3) is 0 Å². The number of rotatable bonds is 3. The highest BCUT2D eigenvalue weighted by Crippen LogP contribution is 2.32. The molecule has 5 nitrogen and oxygen atoms in total. The van der Waals surface area contributed by atoms with Crippen molar-refractivity contribution in [3.05, 3.63) is 17.5 Å². The van der Waals surface area contributed by atoms with Crippen LogP contribution in [-0.4, -0.2) is 34.9 Å². The van der Waals surface area contributed by atoms with Gasteiger partial charge in [0, 0.05) is 13.6 Å². The fourth-order valence-electron chi connectivity index (χ4n) is 1.33. The van der Waals surface area contributed by atoms with Crippen molar-refractivity contribution in [2.45, 2.75) is 19.6 Å². The molecule has 0 bridgehead atoms. The summed E-state index contributed by atoms with van der Waals surface area (Å²) in [6, 6.07) is 0. The van der Waals surface area contributed by atoms with Gasteiger partial charge in [0.1, 0.15) is 0 Å². The van der Waals surface area contributed by atoms with E-state index in [-0.39, 0.29) is 6.54 Å². The largest absolute Gasteiger partial charge is 0.433 e. The number of hydrogen-bond acceptors (Lipinski definition) is 3. The van der Waals surface area contributed by atoms with Gasteiger partial charge in [-0.1, -0.05) is 0 Å². The van der Waals surface area contributed by atoms with E-state index >= 15 is 0 Å². The van der Waals surface area contributed by atoms with Crippen LogP contribution in [0.2, 0.25) is 0 Å². The Balaban J connectivity index is 3.26. The molecule has 0 fully saturated rings. The fourth-order valence-corrected chi connectivity index (χ4v) is 1.33. The van der Waals surface area contributed by atoms with Crippen molar-refractivity contribution in [1.82, 2.24) is 14.8 Å². The van der Waals surface area contributed by atoms with Crippen molar-refractivity contribution in [3.8, 4) is 0 Å². The second kappa shape index (κ2) is 4.74. The van der Waals surface area contributed by atoms with Crippen LogP contribution >= 0.6 is 0 Å². The first-order valence-corrected chi connectivity index (χ1v) is 4.78. The van der Waals surface area contributed by atoms with Crippen LogP contribution in [0.5, 0.6) is 0 Å². The summed E-state index contributed by atoms with van der Waals surface area (Å²) in [5.41, 5.74) is -1.59. The maximum absolute atomic E-state index is 12.8. The van der Waals surface area contributed by atoms with Gasteiger partial charge in [-0.3, -0.25) is 14.3 Å². The highest BCUT2D eigenvalue weighted by Gasteiger charge is 2.40. The van der Waals surface area contributed by atoms with Gasteiger partial charge in [-0.2, -0.15) is 18.3 Å². The third-order valence-electron chi connectivity index (χ3n) is 2.20. The van der Waals surface area contributed by atoms with Crippen molar-refractivity contribution >= 4 is 5.91 Å². The Morgan fingerprint density at radius 1 is 1.59 bits per heavy atom. The third-order valence-corrected chi connectivity index (χ3v) is 2.20. The number of nitrogens with zero attached hydrogens (tertiary/aromatic N) is 3. The van der Waals surface area contributed by atoms with Gasteiger partial charge >= 0.3 is 6.18 Å². The molecule has 1 amide bonds. The van der Waals surface area contributed by atoms with Crippen molar-refractivity contribution in [1.29, 1.82) is 0 Å². The molecule has 0 saturated heterocycles. The molecule has 1 heterocycles. The van der Waals surface area contributed by atoms with Crippen LogP contribution in [-0.2, 0) is 17.6 Å². The first-order valence-electron chi connectivity index (χ1n) is 4.78. The van der Waals surface area contributed by atoms with Crippen molar-refractivity contribution in [3.63, 3.8) is 0 Å². The molecule has 1 rings (SSSR count). The van der Waals surface area contributed by atoms with Gasteiger partial charge in [0.15, 0.2) is 5.69 Å². The zero-order chi connectivity index (χ0) is 13.2. The van der Waals surface area contributed by atoms with Gasteiger partial charge in [0.2, 0.25) is 0 Å². The summed E-state index contributed by atoms with van der Waals surface area (Å²) >= 11 is 0. The normalized spacial score (nSPS) is 11.6. The molecule has 0 saturated carbocycles. The molecular formula is C9H12F3N3O2. The van der Waals surface area contributed by atoms with Crippen LogP contribution in [0.4, 0.5) is 13.2 Å². The van der Waals surface area contributed by atoms with E-state index in [4.69, 9.17) is 0 Å². The highest BCUT2D eigenvalue weighted by molar-refractivity contribution is 5.94. The number of aryl methyl sites for hydroxylation is 1. The second-order valence-corrected chi connectivity index (χ2v) is 3.21. The summed E-state index contributed by atoms with van der Waals surface area (Å²) in [4.78, 5) is 16.2. The third kappa shape index (κ3) is 2.57. The van der Waals surface area contributed by atoms with E-state index in [1.165, 1.54) is 21.1 Å². The minimum absolute atomic E-state index is 0.0266. The lowest BCUT2D eigenvalue weighted by molar-refractivity contribution is -0.145. The summed E-state index contributed by atoms with van der Waals surface area (Å²) in [5, 5.41) is 4.25. The SMILES string of the molecule is CCn1ncc(C(=O)N(C)OC)c1C(F)(F)F. The second-order valence-electron chi connectivity index (χ2n) is 3.21. The topological polar surface area (TPSA) is 47.4 Å². The molecule has 0 unspecified atom stereocenters. The lowest BCUT2D eigenvalue weighted by Gasteiger charge is -2.15. The molecule has 0 N–H and O–H groups in total. The molecule has 0 aliphatic rings. The maximum Gasteiger partial charge on any atom is 0.433 e. The lowest BCUT2D eigenvalue weighted by Crippen LogP contribution is -2.28. The molecule has 0 aliphatic carbocycles. The maximum atomic E-state index is 12.8. The molecule has 0 aromatic carbocycles. The van der Waals surface area contributed by atoms with Crippen LogP contribution < -0.4 is 0 Å². The van der Waals surface area contributed by atoms with Crippen LogP contribution in [0.15, 0.2) is 6.20 Å². The summed E-state index contributed by atoms with van der Waals surface area (Å²) in [6.45, 7) is 1.54. The zero-order valence-corrected chi connectivity index (χ0v) is 9.58. The molecule has 1 aromatic rings. The molecule has 0 atom stereocenters. The molecule has 8 heteroatoms. The Bertz CT molecular complexity index is 414. The van der Waals surface area contributed by atoms with Crippen LogP contribution in [0.1, 0.15) is 23.0 Å². The number of carbonyl (C=O) groups is 1. The lowest BCUT2D eigenvalue weighted by atomic mass is 10.2. The number of alkyl halides is 3. The smallest absolute Gasteiger partial charge is 0.274 e. The van der Waals surface area contributed by atoms with Crippen LogP contribution in [0, 0.1) is 0 Å². The van der Waals surface area contributed by atoms with E-state index in [0.29, 0.717) is 5.06 Å². The van der Waals surface area contributed by atoms with E-state index in [1.54, 1.807) is 0 Å². The molecule has 0 spiro atoms. The first kappa shape index (κ1) is 13.5. The van der Waals surface area contributed by atoms with Crippen molar-refractivity contribution in [2.75, 3.05) is 14.2 Å². The minimum Gasteiger partial charge on any atom is -0.274 e. The van der Waals surface area contributed by atoms with Gasteiger partial charge in [-0.15, -0.1) is 0 Å².